The first-order chi connectivity index (χ1) is 11.7. The Balaban J connectivity index is 1.76. The van der Waals surface area contributed by atoms with Crippen molar-refractivity contribution in [2.75, 3.05) is 5.32 Å². The van der Waals surface area contributed by atoms with E-state index in [1.807, 2.05) is 79.7 Å². The summed E-state index contributed by atoms with van der Waals surface area (Å²) in [6.45, 7) is 2.83. The van der Waals surface area contributed by atoms with Crippen LogP contribution >= 0.6 is 0 Å². The number of hydrogen-bond acceptors (Lipinski definition) is 2. The Morgan fingerprint density at radius 3 is 2.21 bits per heavy atom. The van der Waals surface area contributed by atoms with Crippen LogP contribution < -0.4 is 5.32 Å². The van der Waals surface area contributed by atoms with Gasteiger partial charge < -0.3 is 14.6 Å². The van der Waals surface area contributed by atoms with Crippen molar-refractivity contribution in [3.63, 3.8) is 0 Å². The second kappa shape index (κ2) is 7.51. The minimum absolute atomic E-state index is 0.154. The molecular formula is C20H20N2O2. The number of nitrogens with one attached hydrogen (secondary N) is 1. The van der Waals surface area contributed by atoms with E-state index in [2.05, 4.69) is 5.32 Å². The van der Waals surface area contributed by atoms with Gasteiger partial charge in [-0.25, -0.2) is 4.79 Å². The molecular weight excluding hydrogens is 300 g/mol. The molecule has 122 valence electrons. The molecule has 0 aliphatic carbocycles. The molecule has 0 unspecified atom stereocenters. The topological polar surface area (TPSA) is 45.5 Å². The monoisotopic (exact) mass is 320 g/mol. The molecule has 0 saturated carbocycles. The van der Waals surface area contributed by atoms with Gasteiger partial charge in [-0.1, -0.05) is 48.5 Å². The maximum Gasteiger partial charge on any atom is 0.322 e. The van der Waals surface area contributed by atoms with Crippen LogP contribution in [-0.4, -0.2) is 10.9 Å². The van der Waals surface area contributed by atoms with Crippen LogP contribution in [0.3, 0.4) is 0 Å². The van der Waals surface area contributed by atoms with Crippen molar-refractivity contribution >= 4 is 11.7 Å². The highest BCUT2D eigenvalue weighted by Crippen LogP contribution is 2.15. The summed E-state index contributed by atoms with van der Waals surface area (Å²) < 4.78 is 5.63. The third kappa shape index (κ3) is 4.26. The van der Waals surface area contributed by atoms with E-state index >= 15 is 0 Å². The third-order valence-corrected chi connectivity index (χ3v) is 3.67. The smallest absolute Gasteiger partial charge is 0.322 e. The molecule has 0 fully saturated rings. The molecule has 4 nitrogen and oxygen atoms in total. The highest BCUT2D eigenvalue weighted by molar-refractivity contribution is 5.89. The number of hydrogen-bond donors (Lipinski definition) is 1. The molecule has 3 aromatic rings. The average Bonchev–Trinajstić information content (AvgIpc) is 3.01. The molecule has 1 N–H and O–H groups in total. The maximum absolute atomic E-state index is 12.7. The molecule has 3 rings (SSSR count). The molecule has 1 aromatic heterocycles. The standard InChI is InChI=1S/C20H20N2O2/c1-16-12-13-19(24-16)15-22(14-17-8-4-2-5-9-17)20(23)21-18-10-6-3-7-11-18/h2-13H,14-15H2,1H3,(H,21,23). The molecule has 2 aromatic carbocycles. The summed E-state index contributed by atoms with van der Waals surface area (Å²) in [6, 6.07) is 23.0. The first-order valence-electron chi connectivity index (χ1n) is 7.91. The summed E-state index contributed by atoms with van der Waals surface area (Å²) in [5, 5.41) is 2.93. The summed E-state index contributed by atoms with van der Waals surface area (Å²) in [6.07, 6.45) is 0. The first kappa shape index (κ1) is 15.9. The largest absolute Gasteiger partial charge is 0.464 e. The van der Waals surface area contributed by atoms with Crippen LogP contribution in [0.2, 0.25) is 0 Å². The van der Waals surface area contributed by atoms with Gasteiger partial charge in [0.1, 0.15) is 11.5 Å². The zero-order valence-electron chi connectivity index (χ0n) is 13.6. The van der Waals surface area contributed by atoms with Crippen LogP contribution in [0.1, 0.15) is 17.1 Å². The van der Waals surface area contributed by atoms with Crippen LogP contribution in [0.5, 0.6) is 0 Å². The first-order valence-corrected chi connectivity index (χ1v) is 7.91. The molecule has 0 saturated heterocycles. The zero-order valence-corrected chi connectivity index (χ0v) is 13.6. The van der Waals surface area contributed by atoms with E-state index in [0.717, 1.165) is 22.8 Å². The number of rotatable bonds is 5. The Morgan fingerprint density at radius 1 is 0.917 bits per heavy atom. The Labute approximate surface area is 141 Å². The van der Waals surface area contributed by atoms with Crippen molar-refractivity contribution in [1.29, 1.82) is 0 Å². The number of nitrogens with zero attached hydrogens (tertiary/aromatic N) is 1. The molecule has 0 aliphatic rings. The van der Waals surface area contributed by atoms with Crippen LogP contribution in [0.4, 0.5) is 10.5 Å². The van der Waals surface area contributed by atoms with Gasteiger partial charge in [0.2, 0.25) is 0 Å². The van der Waals surface area contributed by atoms with Gasteiger partial charge in [-0.15, -0.1) is 0 Å². The molecule has 2 amide bonds. The summed E-state index contributed by atoms with van der Waals surface area (Å²) >= 11 is 0. The Morgan fingerprint density at radius 2 is 1.58 bits per heavy atom. The van der Waals surface area contributed by atoms with Gasteiger partial charge in [-0.3, -0.25) is 0 Å². The molecule has 0 atom stereocenters. The Bertz CT molecular complexity index is 782. The summed E-state index contributed by atoms with van der Waals surface area (Å²) in [5.41, 5.74) is 1.85. The van der Waals surface area contributed by atoms with Crippen molar-refractivity contribution in [1.82, 2.24) is 4.90 Å². The molecule has 24 heavy (non-hydrogen) atoms. The SMILES string of the molecule is Cc1ccc(CN(Cc2ccccc2)C(=O)Nc2ccccc2)o1. The van der Waals surface area contributed by atoms with Crippen molar-refractivity contribution < 1.29 is 9.21 Å². The molecule has 4 heteroatoms. The van der Waals surface area contributed by atoms with E-state index in [4.69, 9.17) is 4.42 Å². The van der Waals surface area contributed by atoms with Crippen molar-refractivity contribution in [3.8, 4) is 0 Å². The summed E-state index contributed by atoms with van der Waals surface area (Å²) in [5.74, 6) is 1.61. The Kier molecular flexibility index (Phi) is 4.96. The van der Waals surface area contributed by atoms with E-state index in [0.29, 0.717) is 13.1 Å². The lowest BCUT2D eigenvalue weighted by Gasteiger charge is -2.22. The molecule has 0 bridgehead atoms. The van der Waals surface area contributed by atoms with Crippen LogP contribution in [-0.2, 0) is 13.1 Å². The van der Waals surface area contributed by atoms with Gasteiger partial charge in [0, 0.05) is 12.2 Å². The fourth-order valence-electron chi connectivity index (χ4n) is 2.49. The fourth-order valence-corrected chi connectivity index (χ4v) is 2.49. The maximum atomic E-state index is 12.7. The number of carbonyl (C=O) groups is 1. The quantitative estimate of drug-likeness (QED) is 0.732. The number of amides is 2. The van der Waals surface area contributed by atoms with Crippen molar-refractivity contribution in [3.05, 3.63) is 89.9 Å². The lowest BCUT2D eigenvalue weighted by molar-refractivity contribution is 0.201. The number of furan rings is 1. The van der Waals surface area contributed by atoms with E-state index in [1.54, 1.807) is 4.90 Å². The van der Waals surface area contributed by atoms with E-state index in [9.17, 15) is 4.79 Å². The summed E-state index contributed by atoms with van der Waals surface area (Å²) in [4.78, 5) is 14.4. The average molecular weight is 320 g/mol. The number of carbonyl (C=O) groups excluding carboxylic acids is 1. The highest BCUT2D eigenvalue weighted by atomic mass is 16.3. The third-order valence-electron chi connectivity index (χ3n) is 3.67. The number of urea groups is 1. The predicted molar refractivity (Wildman–Crippen MR) is 94.6 cm³/mol. The van der Waals surface area contributed by atoms with Gasteiger partial charge in [-0.05, 0) is 36.8 Å². The lowest BCUT2D eigenvalue weighted by Crippen LogP contribution is -2.33. The molecule has 1 heterocycles. The van der Waals surface area contributed by atoms with Gasteiger partial charge in [0.05, 0.1) is 6.54 Å². The van der Waals surface area contributed by atoms with Crippen molar-refractivity contribution in [2.45, 2.75) is 20.0 Å². The minimum Gasteiger partial charge on any atom is -0.464 e. The van der Waals surface area contributed by atoms with Gasteiger partial charge in [-0.2, -0.15) is 0 Å². The number of para-hydroxylation sites is 1. The Hall–Kier alpha value is -3.01. The van der Waals surface area contributed by atoms with E-state index in [-0.39, 0.29) is 6.03 Å². The molecule has 0 radical (unpaired) electrons. The van der Waals surface area contributed by atoms with Crippen molar-refractivity contribution in [2.24, 2.45) is 0 Å². The molecule has 0 spiro atoms. The highest BCUT2D eigenvalue weighted by Gasteiger charge is 2.16. The van der Waals surface area contributed by atoms with Crippen LogP contribution in [0.25, 0.3) is 0 Å². The predicted octanol–water partition coefficient (Wildman–Crippen LogP) is 4.82. The number of aryl methyl sites for hydroxylation is 1. The zero-order chi connectivity index (χ0) is 16.8. The fraction of sp³-hybridized carbons (Fsp3) is 0.150. The van der Waals surface area contributed by atoms with Crippen LogP contribution in [0, 0.1) is 6.92 Å². The van der Waals surface area contributed by atoms with E-state index < -0.39 is 0 Å². The van der Waals surface area contributed by atoms with Crippen LogP contribution in [0.15, 0.2) is 77.2 Å². The van der Waals surface area contributed by atoms with Gasteiger partial charge in [0.25, 0.3) is 0 Å². The lowest BCUT2D eigenvalue weighted by atomic mass is 10.2. The summed E-state index contributed by atoms with van der Waals surface area (Å²) in [7, 11) is 0. The normalized spacial score (nSPS) is 10.4. The second-order valence-electron chi connectivity index (χ2n) is 5.65. The molecule has 0 aliphatic heterocycles. The minimum atomic E-state index is -0.154. The van der Waals surface area contributed by atoms with E-state index in [1.165, 1.54) is 0 Å². The van der Waals surface area contributed by atoms with Gasteiger partial charge in [0.15, 0.2) is 0 Å². The van der Waals surface area contributed by atoms with Gasteiger partial charge >= 0.3 is 6.03 Å². The number of anilines is 1. The second-order valence-corrected chi connectivity index (χ2v) is 5.65. The number of benzene rings is 2.